The molecule has 1 amide bonds. The monoisotopic (exact) mass is 528 g/mol. The van der Waals surface area contributed by atoms with Crippen LogP contribution >= 0.6 is 11.8 Å². The lowest BCUT2D eigenvalue weighted by atomic mass is 10.2. The predicted octanol–water partition coefficient (Wildman–Crippen LogP) is 4.65. The molecule has 0 aliphatic heterocycles. The van der Waals surface area contributed by atoms with Gasteiger partial charge < -0.3 is 14.8 Å². The smallest absolute Gasteiger partial charge is 0.264 e. The summed E-state index contributed by atoms with van der Waals surface area (Å²) in [6, 6.07) is 21.4. The molecule has 0 heterocycles. The van der Waals surface area contributed by atoms with E-state index >= 15 is 0 Å². The third-order valence-corrected chi connectivity index (χ3v) is 8.30. The molecule has 3 aromatic carbocycles. The Hall–Kier alpha value is -3.17. The largest absolute Gasteiger partial charge is 0.493 e. The second-order valence-corrected chi connectivity index (χ2v) is 11.1. The van der Waals surface area contributed by atoms with Gasteiger partial charge in [0.1, 0.15) is 6.54 Å². The summed E-state index contributed by atoms with van der Waals surface area (Å²) in [5.41, 5.74) is 2.92. The van der Waals surface area contributed by atoms with Crippen LogP contribution in [0.2, 0.25) is 0 Å². The molecular formula is C27H32N2O5S2. The normalized spacial score (nSPS) is 11.1. The molecule has 0 radical (unpaired) electrons. The van der Waals surface area contributed by atoms with Crippen LogP contribution in [0.1, 0.15) is 17.5 Å². The molecule has 0 aromatic heterocycles. The predicted molar refractivity (Wildman–Crippen MR) is 145 cm³/mol. The van der Waals surface area contributed by atoms with Crippen LogP contribution < -0.4 is 19.1 Å². The van der Waals surface area contributed by atoms with Gasteiger partial charge in [0.15, 0.2) is 11.5 Å². The molecule has 1 N–H and O–H groups in total. The zero-order valence-electron chi connectivity index (χ0n) is 20.8. The minimum atomic E-state index is -4.05. The summed E-state index contributed by atoms with van der Waals surface area (Å²) in [5.74, 6) is 2.15. The minimum absolute atomic E-state index is 0.00403. The number of hydrogen-bond acceptors (Lipinski definition) is 6. The summed E-state index contributed by atoms with van der Waals surface area (Å²) in [6.45, 7) is 2.21. The Balaban J connectivity index is 1.62. The van der Waals surface area contributed by atoms with Crippen molar-refractivity contribution >= 4 is 33.4 Å². The lowest BCUT2D eigenvalue weighted by molar-refractivity contribution is -0.119. The molecule has 3 aromatic rings. The Morgan fingerprint density at radius 1 is 0.944 bits per heavy atom. The maximum atomic E-state index is 13.6. The van der Waals surface area contributed by atoms with E-state index < -0.39 is 10.0 Å². The minimum Gasteiger partial charge on any atom is -0.493 e. The van der Waals surface area contributed by atoms with Crippen molar-refractivity contribution in [2.45, 2.75) is 24.0 Å². The fraction of sp³-hybridized carbons (Fsp3) is 0.296. The maximum absolute atomic E-state index is 13.6. The molecule has 36 heavy (non-hydrogen) atoms. The molecule has 0 aliphatic carbocycles. The summed E-state index contributed by atoms with van der Waals surface area (Å²) in [4.78, 5) is 12.8. The first-order valence-corrected chi connectivity index (χ1v) is 14.1. The van der Waals surface area contributed by atoms with Crippen LogP contribution in [0.4, 0.5) is 5.69 Å². The molecule has 192 valence electrons. The molecule has 0 saturated heterocycles. The Morgan fingerprint density at radius 3 is 2.39 bits per heavy atom. The van der Waals surface area contributed by atoms with Crippen molar-refractivity contribution in [3.63, 3.8) is 0 Å². The van der Waals surface area contributed by atoms with Crippen molar-refractivity contribution in [3.8, 4) is 11.5 Å². The quantitative estimate of drug-likeness (QED) is 0.325. The molecule has 0 spiro atoms. The average molecular weight is 529 g/mol. The zero-order valence-corrected chi connectivity index (χ0v) is 22.4. The number of methoxy groups -OCH3 is 2. The summed E-state index contributed by atoms with van der Waals surface area (Å²) in [5, 5.41) is 2.85. The number of carbonyl (C=O) groups excluding carboxylic acids is 1. The lowest BCUT2D eigenvalue weighted by Gasteiger charge is -2.24. The van der Waals surface area contributed by atoms with Gasteiger partial charge in [0.05, 0.1) is 24.8 Å². The number of aryl methyl sites for hydroxylation is 1. The van der Waals surface area contributed by atoms with Gasteiger partial charge in [-0.2, -0.15) is 11.8 Å². The number of sulfonamides is 1. The number of ether oxygens (including phenoxy) is 2. The lowest BCUT2D eigenvalue weighted by Crippen LogP contribution is -2.41. The van der Waals surface area contributed by atoms with Gasteiger partial charge in [-0.3, -0.25) is 9.10 Å². The van der Waals surface area contributed by atoms with Crippen molar-refractivity contribution in [2.24, 2.45) is 0 Å². The third-order valence-electron chi connectivity index (χ3n) is 5.41. The zero-order chi connectivity index (χ0) is 26.0. The van der Waals surface area contributed by atoms with Gasteiger partial charge in [-0.25, -0.2) is 8.42 Å². The van der Waals surface area contributed by atoms with E-state index in [0.29, 0.717) is 23.7 Å². The second kappa shape index (κ2) is 13.2. The number of thioether (sulfide) groups is 1. The van der Waals surface area contributed by atoms with Crippen LogP contribution in [-0.4, -0.2) is 47.4 Å². The van der Waals surface area contributed by atoms with Crippen LogP contribution in [-0.2, 0) is 20.6 Å². The van der Waals surface area contributed by atoms with Gasteiger partial charge >= 0.3 is 0 Å². The number of para-hydroxylation sites is 1. The number of benzene rings is 3. The van der Waals surface area contributed by atoms with E-state index in [4.69, 9.17) is 9.47 Å². The van der Waals surface area contributed by atoms with Crippen LogP contribution in [0, 0.1) is 6.92 Å². The fourth-order valence-electron chi connectivity index (χ4n) is 3.59. The number of amides is 1. The van der Waals surface area contributed by atoms with Gasteiger partial charge in [0.25, 0.3) is 10.0 Å². The number of nitrogens with one attached hydrogen (secondary N) is 1. The maximum Gasteiger partial charge on any atom is 0.264 e. The summed E-state index contributed by atoms with van der Waals surface area (Å²) in [6.07, 6.45) is 0.788. The summed E-state index contributed by atoms with van der Waals surface area (Å²) >= 11 is 1.81. The average Bonchev–Trinajstić information content (AvgIpc) is 2.89. The van der Waals surface area contributed by atoms with Crippen molar-refractivity contribution in [1.29, 1.82) is 0 Å². The van der Waals surface area contributed by atoms with E-state index in [0.717, 1.165) is 22.2 Å². The first-order chi connectivity index (χ1) is 17.3. The number of hydrogen-bond donors (Lipinski definition) is 1. The van der Waals surface area contributed by atoms with Crippen molar-refractivity contribution in [2.75, 3.05) is 37.4 Å². The Labute approximate surface area is 217 Å². The second-order valence-electron chi connectivity index (χ2n) is 8.11. The highest BCUT2D eigenvalue weighted by Gasteiger charge is 2.28. The SMILES string of the molecule is COc1ccc(S(=O)(=O)N(CC(=O)NCCCSCc2cccc(C)c2)c2ccccc2)cc1OC. The molecule has 0 saturated carbocycles. The van der Waals surface area contributed by atoms with Gasteiger partial charge in [0.2, 0.25) is 5.91 Å². The van der Waals surface area contributed by atoms with Crippen LogP contribution in [0.15, 0.2) is 77.7 Å². The van der Waals surface area contributed by atoms with Crippen LogP contribution in [0.5, 0.6) is 11.5 Å². The molecule has 0 fully saturated rings. The number of nitrogens with zero attached hydrogens (tertiary/aromatic N) is 1. The molecule has 0 bridgehead atoms. The molecule has 0 atom stereocenters. The summed E-state index contributed by atoms with van der Waals surface area (Å²) in [7, 11) is -1.13. The molecule has 0 unspecified atom stereocenters. The highest BCUT2D eigenvalue weighted by Crippen LogP contribution is 2.32. The molecule has 9 heteroatoms. The standard InChI is InChI=1S/C27H32N2O5S2/c1-21-9-7-10-22(17-21)20-35-16-8-15-28-27(30)19-29(23-11-5-4-6-12-23)36(31,32)24-13-14-25(33-2)26(18-24)34-3/h4-7,9-14,17-18H,8,15-16,19-20H2,1-3H3,(H,28,30). The topological polar surface area (TPSA) is 84.9 Å². The van der Waals surface area contributed by atoms with E-state index in [1.54, 1.807) is 42.1 Å². The third kappa shape index (κ3) is 7.41. The first kappa shape index (κ1) is 27.4. The van der Waals surface area contributed by atoms with Gasteiger partial charge in [0, 0.05) is 18.4 Å². The van der Waals surface area contributed by atoms with E-state index in [2.05, 4.69) is 36.5 Å². The van der Waals surface area contributed by atoms with Crippen molar-refractivity contribution in [1.82, 2.24) is 5.32 Å². The van der Waals surface area contributed by atoms with E-state index in [9.17, 15) is 13.2 Å². The first-order valence-electron chi connectivity index (χ1n) is 11.5. The number of carbonyl (C=O) groups is 1. The summed E-state index contributed by atoms with van der Waals surface area (Å²) < 4.78 is 38.7. The van der Waals surface area contributed by atoms with E-state index in [-0.39, 0.29) is 17.3 Å². The molecule has 7 nitrogen and oxygen atoms in total. The van der Waals surface area contributed by atoms with Gasteiger partial charge in [-0.15, -0.1) is 0 Å². The van der Waals surface area contributed by atoms with Crippen molar-refractivity contribution < 1.29 is 22.7 Å². The number of rotatable bonds is 13. The fourth-order valence-corrected chi connectivity index (χ4v) is 5.94. The van der Waals surface area contributed by atoms with Gasteiger partial charge in [-0.05, 0) is 48.9 Å². The van der Waals surface area contributed by atoms with E-state index in [1.165, 1.54) is 43.5 Å². The van der Waals surface area contributed by atoms with E-state index in [1.807, 2.05) is 0 Å². The van der Waals surface area contributed by atoms with Crippen LogP contribution in [0.3, 0.4) is 0 Å². The highest BCUT2D eigenvalue weighted by molar-refractivity contribution is 7.98. The van der Waals surface area contributed by atoms with Gasteiger partial charge in [-0.1, -0.05) is 48.0 Å². The Bertz CT molecular complexity index is 1250. The molecular weight excluding hydrogens is 496 g/mol. The molecule has 3 rings (SSSR count). The molecule has 0 aliphatic rings. The highest BCUT2D eigenvalue weighted by atomic mass is 32.2. The van der Waals surface area contributed by atoms with Crippen molar-refractivity contribution in [3.05, 3.63) is 83.9 Å². The Morgan fingerprint density at radius 2 is 1.69 bits per heavy atom. The Kier molecular flexibility index (Phi) is 10.1. The number of anilines is 1. The van der Waals surface area contributed by atoms with Crippen LogP contribution in [0.25, 0.3) is 0 Å².